The summed E-state index contributed by atoms with van der Waals surface area (Å²) in [6, 6.07) is 0. The van der Waals surface area contributed by atoms with Gasteiger partial charge in [-0.25, -0.2) is 0 Å². The Kier molecular flexibility index (Phi) is 7.83. The number of hydrogen-bond donors (Lipinski definition) is 1. The Morgan fingerprint density at radius 1 is 1.21 bits per heavy atom. The lowest BCUT2D eigenvalue weighted by molar-refractivity contribution is -0.143. The van der Waals surface area contributed by atoms with E-state index in [0.29, 0.717) is 32.5 Å². The Morgan fingerprint density at radius 3 is 2.50 bits per heavy atom. The highest BCUT2D eigenvalue weighted by molar-refractivity contribution is 5.69. The minimum atomic E-state index is -0.247. The number of nitrogens with one attached hydrogen (secondary N) is 1. The molecule has 0 saturated heterocycles. The third kappa shape index (κ3) is 7.54. The number of ether oxygens (including phenoxy) is 2. The second-order valence-corrected chi connectivity index (χ2v) is 2.65. The molecule has 0 spiro atoms. The van der Waals surface area contributed by atoms with E-state index in [1.54, 1.807) is 6.92 Å². The summed E-state index contributed by atoms with van der Waals surface area (Å²) in [5.74, 6) is -0.456. The standard InChI is InChI=1S/C9H17NO4/c1-3-8(11)14-7-6-10-5-4-9(12)13-2/h10H,3-7H2,1-2H3. The fourth-order valence-corrected chi connectivity index (χ4v) is 0.757. The monoisotopic (exact) mass is 203 g/mol. The molecular weight excluding hydrogens is 186 g/mol. The van der Waals surface area contributed by atoms with Gasteiger partial charge >= 0.3 is 11.9 Å². The molecule has 1 N–H and O–H groups in total. The van der Waals surface area contributed by atoms with Crippen molar-refractivity contribution in [2.75, 3.05) is 26.8 Å². The number of methoxy groups -OCH3 is 1. The number of hydrogen-bond acceptors (Lipinski definition) is 5. The quantitative estimate of drug-likeness (QED) is 0.469. The Bertz CT molecular complexity index is 162. The first-order valence-electron chi connectivity index (χ1n) is 4.63. The van der Waals surface area contributed by atoms with Gasteiger partial charge in [0.15, 0.2) is 0 Å². The second-order valence-electron chi connectivity index (χ2n) is 2.65. The second kappa shape index (κ2) is 8.50. The minimum Gasteiger partial charge on any atom is -0.469 e. The van der Waals surface area contributed by atoms with Gasteiger partial charge in [-0.3, -0.25) is 9.59 Å². The van der Waals surface area contributed by atoms with Gasteiger partial charge in [0, 0.05) is 19.5 Å². The van der Waals surface area contributed by atoms with Gasteiger partial charge in [0.05, 0.1) is 13.5 Å². The molecule has 0 heterocycles. The van der Waals surface area contributed by atoms with Crippen molar-refractivity contribution in [2.24, 2.45) is 0 Å². The summed E-state index contributed by atoms with van der Waals surface area (Å²) >= 11 is 0. The zero-order valence-electron chi connectivity index (χ0n) is 8.67. The normalized spacial score (nSPS) is 9.57. The van der Waals surface area contributed by atoms with Gasteiger partial charge in [-0.1, -0.05) is 6.92 Å². The van der Waals surface area contributed by atoms with Crippen LogP contribution in [0.3, 0.4) is 0 Å². The van der Waals surface area contributed by atoms with E-state index in [-0.39, 0.29) is 11.9 Å². The lowest BCUT2D eigenvalue weighted by atomic mass is 10.4. The van der Waals surface area contributed by atoms with Crippen molar-refractivity contribution in [1.82, 2.24) is 5.32 Å². The van der Waals surface area contributed by atoms with Crippen molar-refractivity contribution in [3.05, 3.63) is 0 Å². The molecule has 0 bridgehead atoms. The summed E-state index contributed by atoms with van der Waals surface area (Å²) in [7, 11) is 1.35. The summed E-state index contributed by atoms with van der Waals surface area (Å²) in [4.78, 5) is 21.3. The van der Waals surface area contributed by atoms with Crippen LogP contribution in [0.25, 0.3) is 0 Å². The molecule has 0 aliphatic carbocycles. The van der Waals surface area contributed by atoms with Crippen LogP contribution in [0, 0.1) is 0 Å². The topological polar surface area (TPSA) is 64.6 Å². The van der Waals surface area contributed by atoms with Crippen molar-refractivity contribution < 1.29 is 19.1 Å². The van der Waals surface area contributed by atoms with Gasteiger partial charge in [-0.15, -0.1) is 0 Å². The minimum absolute atomic E-state index is 0.209. The molecule has 5 nitrogen and oxygen atoms in total. The Labute approximate surface area is 83.8 Å². The van der Waals surface area contributed by atoms with Crippen LogP contribution in [-0.2, 0) is 19.1 Å². The SMILES string of the molecule is CCC(=O)OCCNCCC(=O)OC. The molecule has 0 radical (unpaired) electrons. The number of carbonyl (C=O) groups is 2. The van der Waals surface area contributed by atoms with Crippen LogP contribution in [0.4, 0.5) is 0 Å². The van der Waals surface area contributed by atoms with Crippen LogP contribution in [0.5, 0.6) is 0 Å². The van der Waals surface area contributed by atoms with E-state index in [9.17, 15) is 9.59 Å². The first-order valence-corrected chi connectivity index (χ1v) is 4.63. The molecule has 0 saturated carbocycles. The predicted octanol–water partition coefficient (Wildman–Crippen LogP) is 0.0923. The molecule has 0 aromatic rings. The number of carbonyl (C=O) groups excluding carboxylic acids is 2. The van der Waals surface area contributed by atoms with E-state index in [0.717, 1.165) is 0 Å². The van der Waals surface area contributed by atoms with Gasteiger partial charge < -0.3 is 14.8 Å². The molecule has 0 aromatic carbocycles. The molecule has 0 rings (SSSR count). The van der Waals surface area contributed by atoms with E-state index in [1.807, 2.05) is 0 Å². The maximum absolute atomic E-state index is 10.7. The van der Waals surface area contributed by atoms with Crippen molar-refractivity contribution in [3.63, 3.8) is 0 Å². The van der Waals surface area contributed by atoms with Gasteiger partial charge in [-0.2, -0.15) is 0 Å². The van der Waals surface area contributed by atoms with Gasteiger partial charge in [0.2, 0.25) is 0 Å². The maximum Gasteiger partial charge on any atom is 0.306 e. The lowest BCUT2D eigenvalue weighted by Crippen LogP contribution is -2.24. The Hall–Kier alpha value is -1.10. The average molecular weight is 203 g/mol. The third-order valence-electron chi connectivity index (χ3n) is 1.56. The first kappa shape index (κ1) is 12.9. The highest BCUT2D eigenvalue weighted by atomic mass is 16.5. The van der Waals surface area contributed by atoms with Gasteiger partial charge in [-0.05, 0) is 0 Å². The molecule has 0 aromatic heterocycles. The van der Waals surface area contributed by atoms with Crippen molar-refractivity contribution in [2.45, 2.75) is 19.8 Å². The summed E-state index contributed by atoms with van der Waals surface area (Å²) in [6.07, 6.45) is 0.723. The molecule has 0 amide bonds. The van der Waals surface area contributed by atoms with Crippen LogP contribution in [0.15, 0.2) is 0 Å². The van der Waals surface area contributed by atoms with Crippen molar-refractivity contribution >= 4 is 11.9 Å². The van der Waals surface area contributed by atoms with E-state index in [2.05, 4.69) is 10.1 Å². The Morgan fingerprint density at radius 2 is 1.93 bits per heavy atom. The summed E-state index contributed by atoms with van der Waals surface area (Å²) in [5, 5.41) is 2.95. The maximum atomic E-state index is 10.7. The van der Waals surface area contributed by atoms with E-state index >= 15 is 0 Å². The van der Waals surface area contributed by atoms with E-state index in [1.165, 1.54) is 7.11 Å². The zero-order valence-corrected chi connectivity index (χ0v) is 8.67. The van der Waals surface area contributed by atoms with Crippen molar-refractivity contribution in [1.29, 1.82) is 0 Å². The molecular formula is C9H17NO4. The van der Waals surface area contributed by atoms with Crippen molar-refractivity contribution in [3.8, 4) is 0 Å². The largest absolute Gasteiger partial charge is 0.469 e. The van der Waals surface area contributed by atoms with Crippen LogP contribution in [0.2, 0.25) is 0 Å². The first-order chi connectivity index (χ1) is 6.70. The number of esters is 2. The van der Waals surface area contributed by atoms with Gasteiger partial charge in [0.25, 0.3) is 0 Å². The van der Waals surface area contributed by atoms with Crippen LogP contribution < -0.4 is 5.32 Å². The third-order valence-corrected chi connectivity index (χ3v) is 1.56. The molecule has 82 valence electrons. The van der Waals surface area contributed by atoms with Gasteiger partial charge in [0.1, 0.15) is 6.61 Å². The van der Waals surface area contributed by atoms with Crippen LogP contribution in [0.1, 0.15) is 19.8 Å². The highest BCUT2D eigenvalue weighted by Gasteiger charge is 1.99. The van der Waals surface area contributed by atoms with E-state index < -0.39 is 0 Å². The molecule has 0 unspecified atom stereocenters. The smallest absolute Gasteiger partial charge is 0.306 e. The highest BCUT2D eigenvalue weighted by Crippen LogP contribution is 1.84. The molecule has 14 heavy (non-hydrogen) atoms. The zero-order chi connectivity index (χ0) is 10.8. The summed E-state index contributed by atoms with van der Waals surface area (Å²) < 4.78 is 9.26. The lowest BCUT2D eigenvalue weighted by Gasteiger charge is -2.04. The molecule has 0 atom stereocenters. The summed E-state index contributed by atoms with van der Waals surface area (Å²) in [5.41, 5.74) is 0. The average Bonchev–Trinajstić information content (AvgIpc) is 2.22. The number of rotatable bonds is 7. The molecule has 5 heteroatoms. The van der Waals surface area contributed by atoms with E-state index in [4.69, 9.17) is 4.74 Å². The molecule has 0 fully saturated rings. The van der Waals surface area contributed by atoms with Crippen LogP contribution in [-0.4, -0.2) is 38.7 Å². The fourth-order valence-electron chi connectivity index (χ4n) is 0.757. The fraction of sp³-hybridized carbons (Fsp3) is 0.778. The molecule has 0 aliphatic rings. The van der Waals surface area contributed by atoms with Crippen LogP contribution >= 0.6 is 0 Å². The predicted molar refractivity (Wildman–Crippen MR) is 50.8 cm³/mol. The molecule has 0 aliphatic heterocycles. The summed E-state index contributed by atoms with van der Waals surface area (Å²) in [6.45, 7) is 3.18. The Balaban J connectivity index is 3.14.